The number of hydrogen-bond acceptors (Lipinski definition) is 3. The first-order chi connectivity index (χ1) is 13.3. The predicted octanol–water partition coefficient (Wildman–Crippen LogP) is 4.58. The van der Waals surface area contributed by atoms with Crippen molar-refractivity contribution in [3.8, 4) is 5.75 Å². The van der Waals surface area contributed by atoms with E-state index < -0.39 is 0 Å². The molecule has 1 atom stereocenters. The third-order valence-electron chi connectivity index (χ3n) is 5.22. The molecule has 1 N–H and O–H groups in total. The molecular weight excluding hydrogens is 374 g/mol. The highest BCUT2D eigenvalue weighted by atomic mass is 35.5. The number of amides is 1. The summed E-state index contributed by atoms with van der Waals surface area (Å²) in [6.07, 6.45) is 1.69. The molecule has 0 fully saturated rings. The monoisotopic (exact) mass is 397 g/mol. The Bertz CT molecular complexity index is 1040. The summed E-state index contributed by atoms with van der Waals surface area (Å²) in [5.41, 5.74) is 2.58. The van der Waals surface area contributed by atoms with Crippen LogP contribution in [0.4, 0.5) is 0 Å². The summed E-state index contributed by atoms with van der Waals surface area (Å²) in [6.45, 7) is 4.10. The highest BCUT2D eigenvalue weighted by molar-refractivity contribution is 6.31. The molecule has 0 radical (unpaired) electrons. The quantitative estimate of drug-likeness (QED) is 0.701. The molecule has 6 heteroatoms. The summed E-state index contributed by atoms with van der Waals surface area (Å²) >= 11 is 6.06. The van der Waals surface area contributed by atoms with Crippen LogP contribution in [0, 0.1) is 0 Å². The molecule has 0 unspecified atom stereocenters. The Morgan fingerprint density at radius 2 is 2.11 bits per heavy atom. The lowest BCUT2D eigenvalue weighted by Gasteiger charge is -2.37. The molecule has 4 rings (SSSR count). The Morgan fingerprint density at radius 1 is 1.32 bits per heavy atom. The van der Waals surface area contributed by atoms with Crippen LogP contribution in [0.5, 0.6) is 5.75 Å². The van der Waals surface area contributed by atoms with Crippen LogP contribution in [0.1, 0.15) is 44.1 Å². The van der Waals surface area contributed by atoms with Crippen LogP contribution in [0.25, 0.3) is 11.0 Å². The van der Waals surface area contributed by atoms with Gasteiger partial charge in [0.2, 0.25) is 5.91 Å². The molecule has 5 nitrogen and oxygen atoms in total. The molecule has 2 aromatic carbocycles. The van der Waals surface area contributed by atoms with Gasteiger partial charge in [-0.25, -0.2) is 4.98 Å². The molecule has 146 valence electrons. The smallest absolute Gasteiger partial charge is 0.220 e. The Labute approximate surface area is 169 Å². The van der Waals surface area contributed by atoms with Crippen LogP contribution in [0.3, 0.4) is 0 Å². The van der Waals surface area contributed by atoms with E-state index in [9.17, 15) is 4.79 Å². The van der Waals surface area contributed by atoms with E-state index in [0.29, 0.717) is 17.9 Å². The predicted molar refractivity (Wildman–Crippen MR) is 111 cm³/mol. The van der Waals surface area contributed by atoms with Crippen molar-refractivity contribution in [1.29, 1.82) is 0 Å². The number of rotatable bonds is 4. The number of imidazole rings is 1. The van der Waals surface area contributed by atoms with Gasteiger partial charge in [-0.15, -0.1) is 0 Å². The largest absolute Gasteiger partial charge is 0.487 e. The number of carbonyl (C=O) groups is 1. The van der Waals surface area contributed by atoms with Gasteiger partial charge in [0.15, 0.2) is 0 Å². The summed E-state index contributed by atoms with van der Waals surface area (Å²) < 4.78 is 8.06. The maximum atomic E-state index is 12.7. The van der Waals surface area contributed by atoms with Crippen LogP contribution in [-0.2, 0) is 18.3 Å². The number of nitrogens with zero attached hydrogens (tertiary/aromatic N) is 2. The summed E-state index contributed by atoms with van der Waals surface area (Å²) in [6, 6.07) is 13.5. The molecular formula is C22H24ClN3O2. The van der Waals surface area contributed by atoms with Crippen molar-refractivity contribution in [3.05, 3.63) is 58.9 Å². The van der Waals surface area contributed by atoms with E-state index >= 15 is 0 Å². The van der Waals surface area contributed by atoms with E-state index in [0.717, 1.165) is 34.6 Å². The number of para-hydroxylation sites is 1. The molecule has 1 amide bonds. The zero-order chi connectivity index (χ0) is 19.9. The van der Waals surface area contributed by atoms with Crippen LogP contribution in [0.15, 0.2) is 42.5 Å². The number of aryl methyl sites for hydroxylation is 2. The number of halogens is 1. The second kappa shape index (κ2) is 7.13. The standard InChI is InChI=1S/C22H24ClN3O2/c1-22(2)13-17(15-6-4-5-7-19(15)28-22)25-21(27)11-10-20-24-16-12-14(23)8-9-18(16)26(20)3/h4-9,12,17H,10-11,13H2,1-3H3,(H,25,27)/t17-/m0/s1. The minimum atomic E-state index is -0.317. The molecule has 3 aromatic rings. The molecule has 0 aliphatic carbocycles. The Hall–Kier alpha value is -2.53. The third kappa shape index (κ3) is 3.72. The van der Waals surface area contributed by atoms with Gasteiger partial charge in [-0.2, -0.15) is 0 Å². The van der Waals surface area contributed by atoms with Gasteiger partial charge >= 0.3 is 0 Å². The van der Waals surface area contributed by atoms with Crippen molar-refractivity contribution in [2.24, 2.45) is 7.05 Å². The maximum Gasteiger partial charge on any atom is 0.220 e. The van der Waals surface area contributed by atoms with Crippen LogP contribution >= 0.6 is 11.6 Å². The fourth-order valence-corrected chi connectivity index (χ4v) is 4.04. The van der Waals surface area contributed by atoms with Gasteiger partial charge in [0.25, 0.3) is 0 Å². The molecule has 2 heterocycles. The Morgan fingerprint density at radius 3 is 2.93 bits per heavy atom. The van der Waals surface area contributed by atoms with E-state index in [4.69, 9.17) is 16.3 Å². The van der Waals surface area contributed by atoms with Gasteiger partial charge in [-0.05, 0) is 38.1 Å². The fraction of sp³-hybridized carbons (Fsp3) is 0.364. The number of aromatic nitrogens is 2. The van der Waals surface area contributed by atoms with E-state index in [1.165, 1.54) is 0 Å². The van der Waals surface area contributed by atoms with Crippen LogP contribution in [0.2, 0.25) is 5.02 Å². The van der Waals surface area contributed by atoms with Crippen LogP contribution in [-0.4, -0.2) is 21.1 Å². The average Bonchev–Trinajstić information content (AvgIpc) is 2.94. The summed E-state index contributed by atoms with van der Waals surface area (Å²) in [5.74, 6) is 1.74. The minimum absolute atomic E-state index is 0.0163. The highest BCUT2D eigenvalue weighted by Crippen LogP contribution is 2.39. The van der Waals surface area contributed by atoms with Gasteiger partial charge in [0.1, 0.15) is 17.2 Å². The molecule has 1 aromatic heterocycles. The summed E-state index contributed by atoms with van der Waals surface area (Å²) in [7, 11) is 1.97. The van der Waals surface area contributed by atoms with Gasteiger partial charge in [0, 0.05) is 36.9 Å². The van der Waals surface area contributed by atoms with E-state index in [1.807, 2.05) is 67.9 Å². The maximum absolute atomic E-state index is 12.7. The number of benzene rings is 2. The first-order valence-corrected chi connectivity index (χ1v) is 9.88. The number of carbonyl (C=O) groups excluding carboxylic acids is 1. The van der Waals surface area contributed by atoms with Crippen molar-refractivity contribution in [3.63, 3.8) is 0 Å². The molecule has 1 aliphatic rings. The Kier molecular flexibility index (Phi) is 4.79. The molecule has 0 saturated carbocycles. The minimum Gasteiger partial charge on any atom is -0.487 e. The second-order valence-corrected chi connectivity index (χ2v) is 8.38. The van der Waals surface area contributed by atoms with Crippen molar-refractivity contribution in [1.82, 2.24) is 14.9 Å². The first kappa shape index (κ1) is 18.8. The lowest BCUT2D eigenvalue weighted by atomic mass is 9.89. The molecule has 0 saturated heterocycles. The SMILES string of the molecule is Cn1c(CCC(=O)N[C@H]2CC(C)(C)Oc3ccccc32)nc2cc(Cl)ccc21. The van der Waals surface area contributed by atoms with Crippen molar-refractivity contribution in [2.75, 3.05) is 0 Å². The molecule has 1 aliphatic heterocycles. The number of nitrogens with one attached hydrogen (secondary N) is 1. The van der Waals surface area contributed by atoms with Crippen LogP contribution < -0.4 is 10.1 Å². The van der Waals surface area contributed by atoms with Gasteiger partial charge in [0.05, 0.1) is 17.1 Å². The zero-order valence-electron chi connectivity index (χ0n) is 16.3. The van der Waals surface area contributed by atoms with Crippen molar-refractivity contribution >= 4 is 28.5 Å². The van der Waals surface area contributed by atoms with Crippen molar-refractivity contribution in [2.45, 2.75) is 44.8 Å². The van der Waals surface area contributed by atoms with Crippen molar-refractivity contribution < 1.29 is 9.53 Å². The lowest BCUT2D eigenvalue weighted by molar-refractivity contribution is -0.122. The number of fused-ring (bicyclic) bond motifs is 2. The highest BCUT2D eigenvalue weighted by Gasteiger charge is 2.34. The summed E-state index contributed by atoms with van der Waals surface area (Å²) in [5, 5.41) is 3.85. The van der Waals surface area contributed by atoms with E-state index in [1.54, 1.807) is 0 Å². The topological polar surface area (TPSA) is 56.2 Å². The lowest BCUT2D eigenvalue weighted by Crippen LogP contribution is -2.41. The zero-order valence-corrected chi connectivity index (χ0v) is 17.1. The molecule has 0 bridgehead atoms. The normalized spacial score (nSPS) is 17.8. The van der Waals surface area contributed by atoms with Gasteiger partial charge in [-0.3, -0.25) is 4.79 Å². The summed E-state index contributed by atoms with van der Waals surface area (Å²) in [4.78, 5) is 17.3. The first-order valence-electron chi connectivity index (χ1n) is 9.50. The van der Waals surface area contributed by atoms with Gasteiger partial charge < -0.3 is 14.6 Å². The van der Waals surface area contributed by atoms with E-state index in [-0.39, 0.29) is 17.6 Å². The fourth-order valence-electron chi connectivity index (χ4n) is 3.87. The second-order valence-electron chi connectivity index (χ2n) is 7.94. The number of hydrogen-bond donors (Lipinski definition) is 1. The number of ether oxygens (including phenoxy) is 1. The average molecular weight is 398 g/mol. The molecule has 0 spiro atoms. The van der Waals surface area contributed by atoms with E-state index in [2.05, 4.69) is 10.3 Å². The Balaban J connectivity index is 1.46. The third-order valence-corrected chi connectivity index (χ3v) is 5.46. The molecule has 28 heavy (non-hydrogen) atoms. The van der Waals surface area contributed by atoms with Gasteiger partial charge in [-0.1, -0.05) is 29.8 Å².